The molecule has 0 amide bonds. The third-order valence-electron chi connectivity index (χ3n) is 1.43. The summed E-state index contributed by atoms with van der Waals surface area (Å²) in [6.07, 6.45) is 0.622. The van der Waals surface area contributed by atoms with Crippen LogP contribution < -0.4 is 4.74 Å². The first-order valence-corrected chi connectivity index (χ1v) is 4.28. The van der Waals surface area contributed by atoms with Gasteiger partial charge in [0, 0.05) is 9.64 Å². The second kappa shape index (κ2) is 3.75. The van der Waals surface area contributed by atoms with Gasteiger partial charge in [-0.3, -0.25) is 4.79 Å². The molecule has 0 atom stereocenters. The van der Waals surface area contributed by atoms with Gasteiger partial charge in [-0.25, -0.2) is 0 Å². The Kier molecular flexibility index (Phi) is 2.91. The highest BCUT2D eigenvalue weighted by Gasteiger charge is 2.06. The molecule has 4 heteroatoms. The zero-order chi connectivity index (χ0) is 9.14. The van der Waals surface area contributed by atoms with Crippen LogP contribution in [0.25, 0.3) is 0 Å². The van der Waals surface area contributed by atoms with Crippen LogP contribution in [-0.2, 0) is 0 Å². The maximum Gasteiger partial charge on any atom is 0.154 e. The lowest BCUT2D eigenvalue weighted by molar-refractivity contribution is 0.112. The highest BCUT2D eigenvalue weighted by atomic mass is 127. The Labute approximate surface area is 83.5 Å². The zero-order valence-electron chi connectivity index (χ0n) is 6.37. The van der Waals surface area contributed by atoms with E-state index >= 15 is 0 Å². The van der Waals surface area contributed by atoms with E-state index in [1.807, 2.05) is 22.6 Å². The van der Waals surface area contributed by atoms with Gasteiger partial charge in [0.25, 0.3) is 0 Å². The summed E-state index contributed by atoms with van der Waals surface area (Å²) < 4.78 is 5.57. The van der Waals surface area contributed by atoms with Crippen LogP contribution in [0.5, 0.6) is 11.5 Å². The lowest BCUT2D eigenvalue weighted by atomic mass is 10.2. The summed E-state index contributed by atoms with van der Waals surface area (Å²) in [6.45, 7) is 0. The van der Waals surface area contributed by atoms with E-state index in [1.54, 1.807) is 6.07 Å². The van der Waals surface area contributed by atoms with E-state index in [9.17, 15) is 9.90 Å². The van der Waals surface area contributed by atoms with Crippen molar-refractivity contribution < 1.29 is 14.6 Å². The predicted molar refractivity (Wildman–Crippen MR) is 52.8 cm³/mol. The molecule has 12 heavy (non-hydrogen) atoms. The van der Waals surface area contributed by atoms with Crippen molar-refractivity contribution in [3.63, 3.8) is 0 Å². The van der Waals surface area contributed by atoms with E-state index in [1.165, 1.54) is 13.2 Å². The number of halogens is 1. The number of aromatic hydroxyl groups is 1. The molecule has 1 N–H and O–H groups in total. The zero-order valence-corrected chi connectivity index (χ0v) is 8.53. The van der Waals surface area contributed by atoms with Gasteiger partial charge >= 0.3 is 0 Å². The van der Waals surface area contributed by atoms with E-state index in [4.69, 9.17) is 4.74 Å². The molecular formula is C8H7IO3. The van der Waals surface area contributed by atoms with Crippen LogP contribution in [0.3, 0.4) is 0 Å². The molecule has 0 aliphatic carbocycles. The lowest BCUT2D eigenvalue weighted by Crippen LogP contribution is -1.90. The van der Waals surface area contributed by atoms with E-state index in [0.29, 0.717) is 21.2 Å². The van der Waals surface area contributed by atoms with Gasteiger partial charge < -0.3 is 9.84 Å². The van der Waals surface area contributed by atoms with Crippen molar-refractivity contribution in [2.75, 3.05) is 7.11 Å². The fraction of sp³-hybridized carbons (Fsp3) is 0.125. The van der Waals surface area contributed by atoms with Gasteiger partial charge in [-0.2, -0.15) is 0 Å². The van der Waals surface area contributed by atoms with Crippen LogP contribution in [0.2, 0.25) is 0 Å². The van der Waals surface area contributed by atoms with E-state index < -0.39 is 0 Å². The minimum Gasteiger partial charge on any atom is -0.507 e. The summed E-state index contributed by atoms with van der Waals surface area (Å²) in [5.41, 5.74) is 0.302. The molecule has 1 aromatic rings. The molecule has 0 radical (unpaired) electrons. The van der Waals surface area contributed by atoms with Crippen molar-refractivity contribution >= 4 is 28.9 Å². The molecule has 0 unspecified atom stereocenters. The summed E-state index contributed by atoms with van der Waals surface area (Å²) in [7, 11) is 1.51. The number of ether oxygens (including phenoxy) is 1. The number of carbonyl (C=O) groups is 1. The summed E-state index contributed by atoms with van der Waals surface area (Å²) in [5, 5.41) is 9.29. The van der Waals surface area contributed by atoms with Crippen LogP contribution in [0, 0.1) is 3.57 Å². The largest absolute Gasteiger partial charge is 0.507 e. The number of phenols is 1. The van der Waals surface area contributed by atoms with Crippen LogP contribution in [0.15, 0.2) is 12.1 Å². The molecule has 3 nitrogen and oxygen atoms in total. The fourth-order valence-electron chi connectivity index (χ4n) is 0.814. The van der Waals surface area contributed by atoms with E-state index in [0.717, 1.165) is 0 Å². The number of benzene rings is 1. The molecule has 64 valence electrons. The first-order valence-electron chi connectivity index (χ1n) is 3.20. The van der Waals surface area contributed by atoms with Gasteiger partial charge in [-0.15, -0.1) is 0 Å². The Hall–Kier alpha value is -0.780. The quantitative estimate of drug-likeness (QED) is 0.663. The summed E-state index contributed by atoms with van der Waals surface area (Å²) in [6, 6.07) is 3.09. The normalized spacial score (nSPS) is 9.50. The van der Waals surface area contributed by atoms with Gasteiger partial charge in [-0.1, -0.05) is 0 Å². The average Bonchev–Trinajstić information content (AvgIpc) is 2.03. The molecule has 0 bridgehead atoms. The van der Waals surface area contributed by atoms with Gasteiger partial charge in [0.2, 0.25) is 0 Å². The van der Waals surface area contributed by atoms with E-state index in [-0.39, 0.29) is 5.75 Å². The number of aldehydes is 1. The fourth-order valence-corrected chi connectivity index (χ4v) is 1.52. The van der Waals surface area contributed by atoms with Crippen molar-refractivity contribution in [2.45, 2.75) is 0 Å². The number of phenolic OH excluding ortho intramolecular Hbond substituents is 1. The molecule has 0 saturated heterocycles. The molecule has 1 aromatic carbocycles. The third-order valence-corrected chi connectivity index (χ3v) is 2.33. The number of hydrogen-bond donors (Lipinski definition) is 1. The molecule has 1 rings (SSSR count). The predicted octanol–water partition coefficient (Wildman–Crippen LogP) is 1.82. The number of rotatable bonds is 2. The van der Waals surface area contributed by atoms with Gasteiger partial charge in [0.1, 0.15) is 11.5 Å². The maximum absolute atomic E-state index is 10.4. The molecule has 0 aliphatic rings. The average molecular weight is 278 g/mol. The molecular weight excluding hydrogens is 271 g/mol. The lowest BCUT2D eigenvalue weighted by Gasteiger charge is -2.04. The Morgan fingerprint density at radius 1 is 1.58 bits per heavy atom. The second-order valence-corrected chi connectivity index (χ2v) is 3.32. The Morgan fingerprint density at radius 3 is 2.67 bits per heavy atom. The smallest absolute Gasteiger partial charge is 0.154 e. The SMILES string of the molecule is COc1cc(O)c(C=O)c(I)c1. The molecule has 0 aliphatic heterocycles. The number of methoxy groups -OCH3 is 1. The summed E-state index contributed by atoms with van der Waals surface area (Å²) in [5.74, 6) is 0.497. The minimum absolute atomic E-state index is 0.0475. The monoisotopic (exact) mass is 278 g/mol. The van der Waals surface area contributed by atoms with Gasteiger partial charge in [0.15, 0.2) is 6.29 Å². The molecule has 0 heterocycles. The summed E-state index contributed by atoms with van der Waals surface area (Å²) in [4.78, 5) is 10.4. The van der Waals surface area contributed by atoms with Crippen molar-refractivity contribution in [2.24, 2.45) is 0 Å². The van der Waals surface area contributed by atoms with Crippen LogP contribution in [0.1, 0.15) is 10.4 Å². The van der Waals surface area contributed by atoms with Crippen LogP contribution in [0.4, 0.5) is 0 Å². The standard InChI is InChI=1S/C8H7IO3/c1-12-5-2-7(9)6(4-10)8(11)3-5/h2-4,11H,1H3. The summed E-state index contributed by atoms with van der Waals surface area (Å²) >= 11 is 1.96. The number of hydrogen-bond acceptors (Lipinski definition) is 3. The van der Waals surface area contributed by atoms with Gasteiger partial charge in [0.05, 0.1) is 12.7 Å². The molecule has 0 fully saturated rings. The van der Waals surface area contributed by atoms with E-state index in [2.05, 4.69) is 0 Å². The Bertz CT molecular complexity index is 286. The first kappa shape index (κ1) is 9.31. The third kappa shape index (κ3) is 1.69. The van der Waals surface area contributed by atoms with Crippen molar-refractivity contribution in [3.8, 4) is 11.5 Å². The van der Waals surface area contributed by atoms with Crippen LogP contribution in [-0.4, -0.2) is 18.5 Å². The first-order chi connectivity index (χ1) is 5.69. The Balaban J connectivity index is 3.27. The second-order valence-electron chi connectivity index (χ2n) is 2.16. The minimum atomic E-state index is -0.0475. The van der Waals surface area contributed by atoms with Crippen molar-refractivity contribution in [1.29, 1.82) is 0 Å². The Morgan fingerprint density at radius 2 is 2.25 bits per heavy atom. The molecule has 0 saturated carbocycles. The highest BCUT2D eigenvalue weighted by molar-refractivity contribution is 14.1. The van der Waals surface area contributed by atoms with Crippen molar-refractivity contribution in [1.82, 2.24) is 0 Å². The highest BCUT2D eigenvalue weighted by Crippen LogP contribution is 2.27. The molecule has 0 aromatic heterocycles. The maximum atomic E-state index is 10.4. The van der Waals surface area contributed by atoms with Crippen LogP contribution >= 0.6 is 22.6 Å². The van der Waals surface area contributed by atoms with Crippen molar-refractivity contribution in [3.05, 3.63) is 21.3 Å². The molecule has 0 spiro atoms. The topological polar surface area (TPSA) is 46.5 Å². The number of carbonyl (C=O) groups excluding carboxylic acids is 1. The van der Waals surface area contributed by atoms with Gasteiger partial charge in [-0.05, 0) is 28.7 Å².